The number of benzene rings is 1. The van der Waals surface area contributed by atoms with Crippen LogP contribution in [0.3, 0.4) is 0 Å². The monoisotopic (exact) mass is 392 g/mol. The lowest BCUT2D eigenvalue weighted by Crippen LogP contribution is -2.48. The smallest absolute Gasteiger partial charge is 0.326 e. The molecule has 0 aliphatic carbocycles. The highest BCUT2D eigenvalue weighted by atomic mass is 35.5. The molecule has 1 aromatic carbocycles. The molecule has 0 saturated carbocycles. The van der Waals surface area contributed by atoms with Crippen LogP contribution in [0.15, 0.2) is 34.9 Å². The third-order valence-electron chi connectivity index (χ3n) is 4.50. The van der Waals surface area contributed by atoms with Crippen molar-refractivity contribution in [2.75, 3.05) is 13.2 Å². The van der Waals surface area contributed by atoms with E-state index < -0.39 is 12.0 Å². The molecule has 2 N–H and O–H groups in total. The molecule has 2 unspecified atom stereocenters. The molecule has 1 amide bonds. The van der Waals surface area contributed by atoms with Crippen molar-refractivity contribution in [3.63, 3.8) is 0 Å². The Bertz CT molecular complexity index is 784. The normalized spacial score (nSPS) is 18.0. The Morgan fingerprint density at radius 1 is 1.33 bits per heavy atom. The van der Waals surface area contributed by atoms with Gasteiger partial charge >= 0.3 is 5.97 Å². The number of carboxylic acids is 1. The van der Waals surface area contributed by atoms with Crippen LogP contribution in [0.2, 0.25) is 5.02 Å². The van der Waals surface area contributed by atoms with Gasteiger partial charge in [0, 0.05) is 36.0 Å². The summed E-state index contributed by atoms with van der Waals surface area (Å²) in [4.78, 5) is 27.8. The Hall–Kier alpha value is -2.38. The number of hydrogen-bond donors (Lipinski definition) is 2. The molecule has 1 fully saturated rings. The third kappa shape index (κ3) is 5.30. The molecule has 0 bridgehead atoms. The number of oxazole rings is 1. The summed E-state index contributed by atoms with van der Waals surface area (Å²) in [7, 11) is 0. The standard InChI is InChI=1S/C19H21ClN2O5/c20-14-5-3-12(4-6-14)15-10-21-17(27-15)8-7-16(23)22-18(19(24)25)13-2-1-9-26-11-13/h3-6,10,13,18H,1-2,7-9,11H2,(H,22,23)(H,24,25). The number of nitrogens with one attached hydrogen (secondary N) is 1. The van der Waals surface area contributed by atoms with E-state index in [-0.39, 0.29) is 24.7 Å². The van der Waals surface area contributed by atoms with Gasteiger partial charge in [-0.25, -0.2) is 9.78 Å². The molecule has 0 radical (unpaired) electrons. The highest BCUT2D eigenvalue weighted by molar-refractivity contribution is 6.30. The van der Waals surface area contributed by atoms with Crippen molar-refractivity contribution in [3.8, 4) is 11.3 Å². The van der Waals surface area contributed by atoms with E-state index in [9.17, 15) is 14.7 Å². The maximum atomic E-state index is 12.2. The van der Waals surface area contributed by atoms with Crippen LogP contribution in [0, 0.1) is 5.92 Å². The molecule has 1 aliphatic rings. The minimum atomic E-state index is -1.04. The maximum absolute atomic E-state index is 12.2. The first-order valence-corrected chi connectivity index (χ1v) is 9.21. The number of aromatic nitrogens is 1. The van der Waals surface area contributed by atoms with E-state index in [2.05, 4.69) is 10.3 Å². The lowest BCUT2D eigenvalue weighted by Gasteiger charge is -2.28. The number of carbonyl (C=O) groups is 2. The molecule has 1 saturated heterocycles. The van der Waals surface area contributed by atoms with E-state index in [0.29, 0.717) is 29.9 Å². The van der Waals surface area contributed by atoms with Crippen LogP contribution in [-0.2, 0) is 20.7 Å². The van der Waals surface area contributed by atoms with Gasteiger partial charge in [0.05, 0.1) is 12.8 Å². The third-order valence-corrected chi connectivity index (χ3v) is 4.75. The van der Waals surface area contributed by atoms with E-state index in [4.69, 9.17) is 20.8 Å². The zero-order valence-corrected chi connectivity index (χ0v) is 15.4. The predicted octanol–water partition coefficient (Wildman–Crippen LogP) is 2.92. The van der Waals surface area contributed by atoms with Crippen LogP contribution in [0.5, 0.6) is 0 Å². The molecule has 0 spiro atoms. The molecular formula is C19H21ClN2O5. The van der Waals surface area contributed by atoms with Gasteiger partial charge in [-0.05, 0) is 37.1 Å². The average molecular weight is 393 g/mol. The van der Waals surface area contributed by atoms with E-state index in [1.165, 1.54) is 0 Å². The molecule has 1 aliphatic heterocycles. The highest BCUT2D eigenvalue weighted by Crippen LogP contribution is 2.23. The topological polar surface area (TPSA) is 102 Å². The number of hydrogen-bond acceptors (Lipinski definition) is 5. The Balaban J connectivity index is 1.54. The van der Waals surface area contributed by atoms with Gasteiger partial charge in [-0.3, -0.25) is 4.79 Å². The van der Waals surface area contributed by atoms with E-state index in [0.717, 1.165) is 18.4 Å². The molecule has 7 nitrogen and oxygen atoms in total. The van der Waals surface area contributed by atoms with Crippen molar-refractivity contribution in [1.29, 1.82) is 0 Å². The van der Waals surface area contributed by atoms with Gasteiger partial charge in [0.15, 0.2) is 11.7 Å². The van der Waals surface area contributed by atoms with Crippen LogP contribution < -0.4 is 5.32 Å². The van der Waals surface area contributed by atoms with Crippen molar-refractivity contribution in [3.05, 3.63) is 41.4 Å². The summed E-state index contributed by atoms with van der Waals surface area (Å²) in [6, 6.07) is 6.22. The number of aliphatic carboxylic acids is 1. The summed E-state index contributed by atoms with van der Waals surface area (Å²) in [5.41, 5.74) is 0.839. The Kier molecular flexibility index (Phi) is 6.47. The zero-order valence-electron chi connectivity index (χ0n) is 14.7. The lowest BCUT2D eigenvalue weighted by molar-refractivity contribution is -0.145. The maximum Gasteiger partial charge on any atom is 0.326 e. The van der Waals surface area contributed by atoms with Gasteiger partial charge in [-0.15, -0.1) is 0 Å². The highest BCUT2D eigenvalue weighted by Gasteiger charge is 2.31. The van der Waals surface area contributed by atoms with Crippen LogP contribution in [-0.4, -0.2) is 41.2 Å². The summed E-state index contributed by atoms with van der Waals surface area (Å²) in [6.07, 6.45) is 3.50. The average Bonchev–Trinajstić information content (AvgIpc) is 3.14. The van der Waals surface area contributed by atoms with Crippen LogP contribution in [0.4, 0.5) is 0 Å². The first kappa shape index (κ1) is 19.4. The second-order valence-electron chi connectivity index (χ2n) is 6.49. The van der Waals surface area contributed by atoms with Crippen molar-refractivity contribution in [2.24, 2.45) is 5.92 Å². The number of amides is 1. The van der Waals surface area contributed by atoms with Crippen molar-refractivity contribution in [1.82, 2.24) is 10.3 Å². The van der Waals surface area contributed by atoms with E-state index in [1.807, 2.05) is 12.1 Å². The summed E-state index contributed by atoms with van der Waals surface area (Å²) in [5.74, 6) is -0.592. The van der Waals surface area contributed by atoms with Gasteiger partial charge < -0.3 is 19.6 Å². The Morgan fingerprint density at radius 3 is 2.78 bits per heavy atom. The molecule has 2 heterocycles. The number of nitrogens with zero attached hydrogens (tertiary/aromatic N) is 1. The van der Waals surface area contributed by atoms with Crippen LogP contribution in [0.1, 0.15) is 25.2 Å². The molecular weight excluding hydrogens is 372 g/mol. The molecule has 2 aromatic rings. The van der Waals surface area contributed by atoms with Crippen LogP contribution in [0.25, 0.3) is 11.3 Å². The Morgan fingerprint density at radius 2 is 2.11 bits per heavy atom. The zero-order chi connectivity index (χ0) is 19.2. The summed E-state index contributed by atoms with van der Waals surface area (Å²) in [6.45, 7) is 0.984. The largest absolute Gasteiger partial charge is 0.480 e. The minimum absolute atomic E-state index is 0.0952. The van der Waals surface area contributed by atoms with Crippen molar-refractivity contribution in [2.45, 2.75) is 31.7 Å². The predicted molar refractivity (Wildman–Crippen MR) is 98.4 cm³/mol. The molecule has 8 heteroatoms. The summed E-state index contributed by atoms with van der Waals surface area (Å²) >= 11 is 5.87. The molecule has 144 valence electrons. The quantitative estimate of drug-likeness (QED) is 0.751. The number of aryl methyl sites for hydroxylation is 1. The van der Waals surface area contributed by atoms with Crippen molar-refractivity contribution < 1.29 is 23.8 Å². The fourth-order valence-electron chi connectivity index (χ4n) is 3.05. The second kappa shape index (κ2) is 9.01. The van der Waals surface area contributed by atoms with Crippen LogP contribution >= 0.6 is 11.6 Å². The van der Waals surface area contributed by atoms with E-state index in [1.54, 1.807) is 18.3 Å². The van der Waals surface area contributed by atoms with Gasteiger partial charge in [0.25, 0.3) is 0 Å². The molecule has 3 rings (SSSR count). The number of rotatable bonds is 7. The number of halogens is 1. The van der Waals surface area contributed by atoms with Gasteiger partial charge in [-0.2, -0.15) is 0 Å². The molecule has 1 aromatic heterocycles. The van der Waals surface area contributed by atoms with Crippen molar-refractivity contribution >= 4 is 23.5 Å². The number of carbonyl (C=O) groups excluding carboxylic acids is 1. The van der Waals surface area contributed by atoms with E-state index >= 15 is 0 Å². The fraction of sp³-hybridized carbons (Fsp3) is 0.421. The first-order valence-electron chi connectivity index (χ1n) is 8.83. The van der Waals surface area contributed by atoms with Gasteiger partial charge in [-0.1, -0.05) is 11.6 Å². The van der Waals surface area contributed by atoms with Gasteiger partial charge in [0.1, 0.15) is 6.04 Å². The SMILES string of the molecule is O=C(CCc1ncc(-c2ccc(Cl)cc2)o1)NC(C(=O)O)C1CCCOC1. The molecule has 27 heavy (non-hydrogen) atoms. The number of ether oxygens (including phenoxy) is 1. The number of carboxylic acid groups (broad SMARTS) is 1. The minimum Gasteiger partial charge on any atom is -0.480 e. The summed E-state index contributed by atoms with van der Waals surface area (Å²) < 4.78 is 11.0. The lowest BCUT2D eigenvalue weighted by atomic mass is 9.93. The van der Waals surface area contributed by atoms with Gasteiger partial charge in [0.2, 0.25) is 5.91 Å². The second-order valence-corrected chi connectivity index (χ2v) is 6.92. The first-order chi connectivity index (χ1) is 13.0. The molecule has 2 atom stereocenters. The summed E-state index contributed by atoms with van der Waals surface area (Å²) in [5, 5.41) is 12.6. The fourth-order valence-corrected chi connectivity index (χ4v) is 3.18. The Labute approximate surface area is 161 Å².